The number of nitrogens with zero attached hydrogens (tertiary/aromatic N) is 4. The van der Waals surface area contributed by atoms with Crippen LogP contribution in [0.3, 0.4) is 0 Å². The normalized spacial score (nSPS) is 14.7. The van der Waals surface area contributed by atoms with Crippen LogP contribution in [0.25, 0.3) is 5.65 Å². The Kier molecular flexibility index (Phi) is 5.15. The molecule has 28 heavy (non-hydrogen) atoms. The molecule has 2 aromatic heterocycles. The van der Waals surface area contributed by atoms with Crippen molar-refractivity contribution in [2.24, 2.45) is 0 Å². The number of carbonyl (C=O) groups is 1. The number of halogens is 1. The summed E-state index contributed by atoms with van der Waals surface area (Å²) in [5.74, 6) is 0.0748. The van der Waals surface area contributed by atoms with Crippen LogP contribution in [0, 0.1) is 13.8 Å². The van der Waals surface area contributed by atoms with E-state index in [-0.39, 0.29) is 5.91 Å². The third kappa shape index (κ3) is 3.41. The topological polar surface area (TPSA) is 40.9 Å². The minimum absolute atomic E-state index is 0.0748. The van der Waals surface area contributed by atoms with Crippen LogP contribution in [0.15, 0.2) is 41.0 Å². The largest absolute Gasteiger partial charge is 0.368 e. The fraction of sp³-hybridized carbons (Fsp3) is 0.364. The second-order valence-electron chi connectivity index (χ2n) is 7.41. The number of piperazine rings is 1. The van der Waals surface area contributed by atoms with Gasteiger partial charge < -0.3 is 9.80 Å². The van der Waals surface area contributed by atoms with Gasteiger partial charge >= 0.3 is 0 Å². The van der Waals surface area contributed by atoms with E-state index in [1.54, 1.807) is 0 Å². The molecule has 146 valence electrons. The lowest BCUT2D eigenvalue weighted by Gasteiger charge is -2.36. The van der Waals surface area contributed by atoms with Crippen molar-refractivity contribution < 1.29 is 4.79 Å². The van der Waals surface area contributed by atoms with Gasteiger partial charge in [-0.15, -0.1) is 0 Å². The third-order valence-corrected chi connectivity index (χ3v) is 5.85. The predicted octanol–water partition coefficient (Wildman–Crippen LogP) is 4.24. The van der Waals surface area contributed by atoms with Crippen molar-refractivity contribution in [3.05, 3.63) is 63.5 Å². The van der Waals surface area contributed by atoms with Crippen LogP contribution in [0.5, 0.6) is 0 Å². The summed E-state index contributed by atoms with van der Waals surface area (Å²) in [4.78, 5) is 22.5. The zero-order valence-electron chi connectivity index (χ0n) is 16.6. The van der Waals surface area contributed by atoms with Crippen molar-refractivity contribution in [1.29, 1.82) is 0 Å². The van der Waals surface area contributed by atoms with Crippen LogP contribution < -0.4 is 4.90 Å². The molecule has 0 saturated carbocycles. The SMILES string of the molecule is CCc1nc2c(C)cc(Br)cn2c1C(=O)N1CCN(c2cccc(C)c2)CC1. The van der Waals surface area contributed by atoms with Crippen LogP contribution in [-0.4, -0.2) is 46.4 Å². The molecule has 0 unspecified atom stereocenters. The van der Waals surface area contributed by atoms with Crippen molar-refractivity contribution in [2.75, 3.05) is 31.1 Å². The van der Waals surface area contributed by atoms with Gasteiger partial charge in [-0.05, 0) is 65.5 Å². The maximum atomic E-state index is 13.4. The van der Waals surface area contributed by atoms with Crippen molar-refractivity contribution in [3.63, 3.8) is 0 Å². The molecule has 1 saturated heterocycles. The smallest absolute Gasteiger partial charge is 0.272 e. The van der Waals surface area contributed by atoms with Gasteiger partial charge in [0.25, 0.3) is 5.91 Å². The Bertz CT molecular complexity index is 1030. The zero-order chi connectivity index (χ0) is 19.8. The van der Waals surface area contributed by atoms with Crippen LogP contribution in [-0.2, 0) is 6.42 Å². The Labute approximate surface area is 174 Å². The van der Waals surface area contributed by atoms with Crippen molar-refractivity contribution in [3.8, 4) is 0 Å². The summed E-state index contributed by atoms with van der Waals surface area (Å²) in [6, 6.07) is 10.6. The first-order valence-electron chi connectivity index (χ1n) is 9.76. The molecule has 0 bridgehead atoms. The lowest BCUT2D eigenvalue weighted by atomic mass is 10.1. The van der Waals surface area contributed by atoms with E-state index in [4.69, 9.17) is 4.98 Å². The number of pyridine rings is 1. The van der Waals surface area contributed by atoms with E-state index in [1.165, 1.54) is 11.3 Å². The van der Waals surface area contributed by atoms with E-state index in [2.05, 4.69) is 58.9 Å². The summed E-state index contributed by atoms with van der Waals surface area (Å²) in [5.41, 5.74) is 5.98. The lowest BCUT2D eigenvalue weighted by molar-refractivity contribution is 0.0738. The van der Waals surface area contributed by atoms with Gasteiger partial charge in [-0.1, -0.05) is 19.1 Å². The molecule has 3 heterocycles. The average molecular weight is 441 g/mol. The fourth-order valence-electron chi connectivity index (χ4n) is 3.93. The summed E-state index contributed by atoms with van der Waals surface area (Å²) in [6.45, 7) is 9.32. The number of aryl methyl sites for hydroxylation is 3. The van der Waals surface area contributed by atoms with Gasteiger partial charge in [-0.3, -0.25) is 9.20 Å². The van der Waals surface area contributed by atoms with Crippen molar-refractivity contribution in [2.45, 2.75) is 27.2 Å². The molecular formula is C22H25BrN4O. The number of rotatable bonds is 3. The van der Waals surface area contributed by atoms with Gasteiger partial charge in [0.1, 0.15) is 11.3 Å². The maximum absolute atomic E-state index is 13.4. The molecule has 3 aromatic rings. The molecule has 5 nitrogen and oxygen atoms in total. The van der Waals surface area contributed by atoms with E-state index in [1.807, 2.05) is 28.5 Å². The van der Waals surface area contributed by atoms with E-state index in [9.17, 15) is 4.79 Å². The van der Waals surface area contributed by atoms with Crippen LogP contribution in [0.2, 0.25) is 0 Å². The van der Waals surface area contributed by atoms with Crippen LogP contribution in [0.1, 0.15) is 34.2 Å². The Morgan fingerprint density at radius 3 is 2.57 bits per heavy atom. The van der Waals surface area contributed by atoms with Gasteiger partial charge in [0.05, 0.1) is 5.69 Å². The summed E-state index contributed by atoms with van der Waals surface area (Å²) >= 11 is 3.55. The monoisotopic (exact) mass is 440 g/mol. The third-order valence-electron chi connectivity index (χ3n) is 5.41. The highest BCUT2D eigenvalue weighted by Crippen LogP contribution is 2.24. The molecule has 0 aliphatic carbocycles. The summed E-state index contributed by atoms with van der Waals surface area (Å²) in [7, 11) is 0. The van der Waals surface area contributed by atoms with Crippen molar-refractivity contribution >= 4 is 33.2 Å². The molecule has 0 atom stereocenters. The predicted molar refractivity (Wildman–Crippen MR) is 116 cm³/mol. The Balaban J connectivity index is 1.59. The molecule has 1 aliphatic heterocycles. The number of carbonyl (C=O) groups excluding carboxylic acids is 1. The molecular weight excluding hydrogens is 416 g/mol. The maximum Gasteiger partial charge on any atom is 0.272 e. The number of imidazole rings is 1. The minimum Gasteiger partial charge on any atom is -0.368 e. The molecule has 0 N–H and O–H groups in total. The van der Waals surface area contributed by atoms with Gasteiger partial charge in [0.15, 0.2) is 0 Å². The second-order valence-corrected chi connectivity index (χ2v) is 8.33. The quantitative estimate of drug-likeness (QED) is 0.611. The molecule has 6 heteroatoms. The summed E-state index contributed by atoms with van der Waals surface area (Å²) < 4.78 is 2.91. The van der Waals surface area contributed by atoms with E-state index in [0.29, 0.717) is 5.69 Å². The molecule has 4 rings (SSSR count). The molecule has 0 radical (unpaired) electrons. The Morgan fingerprint density at radius 2 is 1.89 bits per heavy atom. The van der Waals surface area contributed by atoms with E-state index in [0.717, 1.165) is 54.0 Å². The first-order valence-corrected chi connectivity index (χ1v) is 10.5. The van der Waals surface area contributed by atoms with Crippen LogP contribution >= 0.6 is 15.9 Å². The molecule has 1 aromatic carbocycles. The number of hydrogen-bond acceptors (Lipinski definition) is 3. The zero-order valence-corrected chi connectivity index (χ0v) is 18.2. The van der Waals surface area contributed by atoms with Crippen LogP contribution in [0.4, 0.5) is 5.69 Å². The second kappa shape index (κ2) is 7.59. The number of fused-ring (bicyclic) bond motifs is 1. The number of anilines is 1. The number of amides is 1. The van der Waals surface area contributed by atoms with Gasteiger partial charge in [0, 0.05) is 42.5 Å². The highest BCUT2D eigenvalue weighted by molar-refractivity contribution is 9.10. The average Bonchev–Trinajstić information content (AvgIpc) is 3.06. The first kappa shape index (κ1) is 19.0. The molecule has 1 aliphatic rings. The number of aromatic nitrogens is 2. The number of hydrogen-bond donors (Lipinski definition) is 0. The highest BCUT2D eigenvalue weighted by Gasteiger charge is 2.27. The van der Waals surface area contributed by atoms with Gasteiger partial charge in [-0.25, -0.2) is 4.98 Å². The summed E-state index contributed by atoms with van der Waals surface area (Å²) in [6.07, 6.45) is 2.69. The Hall–Kier alpha value is -2.34. The fourth-order valence-corrected chi connectivity index (χ4v) is 4.48. The van der Waals surface area contributed by atoms with Crippen molar-refractivity contribution in [1.82, 2.24) is 14.3 Å². The van der Waals surface area contributed by atoms with Gasteiger partial charge in [-0.2, -0.15) is 0 Å². The van der Waals surface area contributed by atoms with Gasteiger partial charge in [0.2, 0.25) is 0 Å². The molecule has 1 fully saturated rings. The van der Waals surface area contributed by atoms with E-state index < -0.39 is 0 Å². The highest BCUT2D eigenvalue weighted by atomic mass is 79.9. The summed E-state index contributed by atoms with van der Waals surface area (Å²) in [5, 5.41) is 0. The van der Waals surface area contributed by atoms with E-state index >= 15 is 0 Å². The molecule has 0 spiro atoms. The number of benzene rings is 1. The standard InChI is InChI=1S/C22H25BrN4O/c1-4-19-20(27-14-17(23)13-16(3)21(27)24-19)22(28)26-10-8-25(9-11-26)18-7-5-6-15(2)12-18/h5-7,12-14H,4,8-11H2,1-3H3. The molecule has 1 amide bonds. The first-order chi connectivity index (χ1) is 13.5. The Morgan fingerprint density at radius 1 is 1.14 bits per heavy atom. The minimum atomic E-state index is 0.0748. The lowest BCUT2D eigenvalue weighted by Crippen LogP contribution is -2.49.